The molecule has 2 unspecified atom stereocenters. The number of phenols is 1. The highest BCUT2D eigenvalue weighted by atomic mass is 32.1. The molecule has 9 heteroatoms. The van der Waals surface area contributed by atoms with Gasteiger partial charge in [0.1, 0.15) is 23.4 Å². The molecule has 0 bridgehead atoms. The second kappa shape index (κ2) is 11.6. The number of phenolic OH excluding ortho intramolecular Hbond substituents is 1. The van der Waals surface area contributed by atoms with E-state index in [-0.39, 0.29) is 17.5 Å². The molecule has 1 aliphatic rings. The monoisotopic (exact) mass is 549 g/mol. The number of rotatable bonds is 8. The van der Waals surface area contributed by atoms with Crippen molar-refractivity contribution in [2.24, 2.45) is 0 Å². The third kappa shape index (κ3) is 6.84. The molecule has 4 rings (SSSR count). The Morgan fingerprint density at radius 1 is 1.05 bits per heavy atom. The molecule has 1 fully saturated rings. The molecule has 3 aromatic carbocycles. The molecule has 0 saturated heterocycles. The minimum Gasteiger partial charge on any atom is -0.507 e. The molecule has 3 amide bonds. The Balaban J connectivity index is 1.70. The molecule has 1 aliphatic carbocycles. The summed E-state index contributed by atoms with van der Waals surface area (Å²) in [5.41, 5.74) is 0.706. The van der Waals surface area contributed by atoms with Gasteiger partial charge in [0, 0.05) is 23.0 Å². The number of fused-ring (bicyclic) bond motifs is 1. The SMILES string of the molecule is Cc1cccc(C(C(=O)Nc2ccc3ccccc3c2)N(C(=O)C(CS)NC(=O)OC(C)(C)C)C2CC2)c1O. The fourth-order valence-corrected chi connectivity index (χ4v) is 4.73. The van der Waals surface area contributed by atoms with E-state index in [0.717, 1.165) is 10.8 Å². The van der Waals surface area contributed by atoms with E-state index in [9.17, 15) is 19.5 Å². The topological polar surface area (TPSA) is 108 Å². The van der Waals surface area contributed by atoms with Gasteiger partial charge in [-0.2, -0.15) is 12.6 Å². The summed E-state index contributed by atoms with van der Waals surface area (Å²) in [5, 5.41) is 18.5. The first-order valence-electron chi connectivity index (χ1n) is 13.0. The lowest BCUT2D eigenvalue weighted by atomic mass is 9.99. The van der Waals surface area contributed by atoms with Crippen molar-refractivity contribution in [2.75, 3.05) is 11.1 Å². The van der Waals surface area contributed by atoms with Gasteiger partial charge in [-0.25, -0.2) is 4.79 Å². The zero-order chi connectivity index (χ0) is 28.3. The second-order valence-corrected chi connectivity index (χ2v) is 11.2. The van der Waals surface area contributed by atoms with Gasteiger partial charge in [0.15, 0.2) is 0 Å². The first-order valence-corrected chi connectivity index (χ1v) is 13.6. The summed E-state index contributed by atoms with van der Waals surface area (Å²) >= 11 is 4.32. The minimum atomic E-state index is -1.14. The van der Waals surface area contributed by atoms with Crippen LogP contribution in [0.3, 0.4) is 0 Å². The first-order chi connectivity index (χ1) is 18.5. The summed E-state index contributed by atoms with van der Waals surface area (Å²) in [6, 6.07) is 16.1. The Hall–Kier alpha value is -3.72. The molecule has 39 heavy (non-hydrogen) atoms. The van der Waals surface area contributed by atoms with Gasteiger partial charge in [-0.05, 0) is 69.0 Å². The second-order valence-electron chi connectivity index (χ2n) is 10.8. The van der Waals surface area contributed by atoms with Crippen LogP contribution in [0.25, 0.3) is 10.8 Å². The summed E-state index contributed by atoms with van der Waals surface area (Å²) in [6.07, 6.45) is 0.648. The minimum absolute atomic E-state index is 0.000109. The molecule has 0 radical (unpaired) electrons. The van der Waals surface area contributed by atoms with Crippen molar-refractivity contribution in [3.05, 3.63) is 71.8 Å². The van der Waals surface area contributed by atoms with Gasteiger partial charge in [-0.1, -0.05) is 48.5 Å². The van der Waals surface area contributed by atoms with Crippen molar-refractivity contribution in [1.82, 2.24) is 10.2 Å². The number of thiol groups is 1. The summed E-state index contributed by atoms with van der Waals surface area (Å²) < 4.78 is 5.34. The smallest absolute Gasteiger partial charge is 0.408 e. The van der Waals surface area contributed by atoms with Gasteiger partial charge in [0.25, 0.3) is 5.91 Å². The van der Waals surface area contributed by atoms with Crippen LogP contribution in [0.1, 0.15) is 50.8 Å². The molecule has 0 aliphatic heterocycles. The number of benzene rings is 3. The third-order valence-corrected chi connectivity index (χ3v) is 6.84. The van der Waals surface area contributed by atoms with E-state index in [0.29, 0.717) is 29.7 Å². The van der Waals surface area contributed by atoms with E-state index in [1.165, 1.54) is 4.90 Å². The van der Waals surface area contributed by atoms with Gasteiger partial charge in [-0.15, -0.1) is 0 Å². The lowest BCUT2D eigenvalue weighted by molar-refractivity contribution is -0.141. The van der Waals surface area contributed by atoms with Crippen LogP contribution in [0, 0.1) is 6.92 Å². The Labute approximate surface area is 234 Å². The van der Waals surface area contributed by atoms with Gasteiger partial charge >= 0.3 is 6.09 Å². The Kier molecular flexibility index (Phi) is 8.39. The predicted octanol–water partition coefficient (Wildman–Crippen LogP) is 5.35. The van der Waals surface area contributed by atoms with Gasteiger partial charge in [0.2, 0.25) is 5.91 Å². The summed E-state index contributed by atoms with van der Waals surface area (Å²) in [5.74, 6) is -1.00. The van der Waals surface area contributed by atoms with E-state index < -0.39 is 35.6 Å². The number of hydrogen-bond donors (Lipinski definition) is 4. The van der Waals surface area contributed by atoms with E-state index in [4.69, 9.17) is 4.74 Å². The lowest BCUT2D eigenvalue weighted by Crippen LogP contribution is -2.54. The average molecular weight is 550 g/mol. The maximum Gasteiger partial charge on any atom is 0.408 e. The van der Waals surface area contributed by atoms with Crippen molar-refractivity contribution < 1.29 is 24.2 Å². The average Bonchev–Trinajstić information content (AvgIpc) is 3.71. The number of nitrogens with one attached hydrogen (secondary N) is 2. The van der Waals surface area contributed by atoms with Crippen molar-refractivity contribution in [3.8, 4) is 5.75 Å². The largest absolute Gasteiger partial charge is 0.507 e. The van der Waals surface area contributed by atoms with Crippen LogP contribution in [0.15, 0.2) is 60.7 Å². The highest BCUT2D eigenvalue weighted by molar-refractivity contribution is 7.80. The van der Waals surface area contributed by atoms with Crippen LogP contribution in [0.2, 0.25) is 0 Å². The van der Waals surface area contributed by atoms with E-state index in [2.05, 4.69) is 23.3 Å². The normalized spacial score (nSPS) is 14.8. The van der Waals surface area contributed by atoms with Gasteiger partial charge < -0.3 is 25.4 Å². The zero-order valence-electron chi connectivity index (χ0n) is 22.6. The summed E-state index contributed by atoms with van der Waals surface area (Å²) in [4.78, 5) is 41.9. The number of nitrogens with zero attached hydrogens (tertiary/aromatic N) is 1. The highest BCUT2D eigenvalue weighted by Gasteiger charge is 2.44. The Morgan fingerprint density at radius 2 is 1.74 bits per heavy atom. The molecule has 3 N–H and O–H groups in total. The van der Waals surface area contributed by atoms with Crippen molar-refractivity contribution in [3.63, 3.8) is 0 Å². The molecule has 1 saturated carbocycles. The highest BCUT2D eigenvalue weighted by Crippen LogP contribution is 2.39. The van der Waals surface area contributed by atoms with Gasteiger partial charge in [0.05, 0.1) is 0 Å². The molecule has 8 nitrogen and oxygen atoms in total. The number of hydrogen-bond acceptors (Lipinski definition) is 6. The van der Waals surface area contributed by atoms with E-state index in [1.54, 1.807) is 52.0 Å². The van der Waals surface area contributed by atoms with Crippen LogP contribution in [0.5, 0.6) is 5.75 Å². The van der Waals surface area contributed by atoms with E-state index in [1.807, 2.05) is 36.4 Å². The first kappa shape index (κ1) is 28.3. The summed E-state index contributed by atoms with van der Waals surface area (Å²) in [7, 11) is 0. The number of aryl methyl sites for hydroxylation is 1. The van der Waals surface area contributed by atoms with Gasteiger partial charge in [-0.3, -0.25) is 9.59 Å². The van der Waals surface area contributed by atoms with Crippen molar-refractivity contribution in [2.45, 2.75) is 64.3 Å². The number of ether oxygens (including phenoxy) is 1. The molecule has 206 valence electrons. The number of aromatic hydroxyl groups is 1. The zero-order valence-corrected chi connectivity index (χ0v) is 23.5. The maximum atomic E-state index is 14.0. The number of alkyl carbamates (subject to hydrolysis) is 1. The molecular formula is C30H35N3O5S. The molecule has 0 spiro atoms. The fraction of sp³-hybridized carbons (Fsp3) is 0.367. The number of carbonyl (C=O) groups is 3. The van der Waals surface area contributed by atoms with Crippen LogP contribution in [-0.2, 0) is 14.3 Å². The molecule has 0 heterocycles. The van der Waals surface area contributed by atoms with Crippen LogP contribution in [0.4, 0.5) is 10.5 Å². The Bertz CT molecular complexity index is 1380. The van der Waals surface area contributed by atoms with Crippen LogP contribution < -0.4 is 10.6 Å². The quantitative estimate of drug-likeness (QED) is 0.284. The molecule has 0 aromatic heterocycles. The number of amides is 3. The molecule has 2 atom stereocenters. The van der Waals surface area contributed by atoms with Crippen LogP contribution >= 0.6 is 12.6 Å². The Morgan fingerprint density at radius 3 is 2.38 bits per heavy atom. The standard InChI is InChI=1S/C30H35N3O5S/c1-18-8-7-11-23(26(18)34)25(27(35)31-21-13-12-19-9-5-6-10-20(19)16-21)33(22-14-15-22)28(36)24(17-39)32-29(37)38-30(2,3)4/h5-13,16,22,24-25,34,39H,14-15,17H2,1-4H3,(H,31,35)(H,32,37). The van der Waals surface area contributed by atoms with E-state index >= 15 is 0 Å². The fourth-order valence-electron chi connectivity index (χ4n) is 4.48. The van der Waals surface area contributed by atoms with Crippen molar-refractivity contribution in [1.29, 1.82) is 0 Å². The number of anilines is 1. The van der Waals surface area contributed by atoms with Crippen LogP contribution in [-0.4, -0.2) is 51.4 Å². The number of carbonyl (C=O) groups excluding carboxylic acids is 3. The maximum absolute atomic E-state index is 14.0. The van der Waals surface area contributed by atoms with Crippen molar-refractivity contribution >= 4 is 47.0 Å². The predicted molar refractivity (Wildman–Crippen MR) is 155 cm³/mol. The number of para-hydroxylation sites is 1. The molecular weight excluding hydrogens is 514 g/mol. The lowest BCUT2D eigenvalue weighted by Gasteiger charge is -2.34. The third-order valence-electron chi connectivity index (χ3n) is 6.47. The summed E-state index contributed by atoms with van der Waals surface area (Å²) in [6.45, 7) is 6.93. The molecule has 3 aromatic rings.